The van der Waals surface area contributed by atoms with Gasteiger partial charge >= 0.3 is 5.97 Å². The second-order valence-electron chi connectivity index (χ2n) is 5.31. The standard InChI is InChI=1S/C11H16O8/c1-4-5(2-7(13)18-4)10(15)9(14)19-8-6(12)3-17-11(8,10)16/h4-8,12-13,15-16H,2-3H2,1H3. The van der Waals surface area contributed by atoms with E-state index in [1.807, 2.05) is 0 Å². The third kappa shape index (κ3) is 1.47. The Labute approximate surface area is 108 Å². The molecule has 3 aliphatic heterocycles. The average Bonchev–Trinajstić information content (AvgIpc) is 2.88. The lowest BCUT2D eigenvalue weighted by molar-refractivity contribution is -0.279. The molecule has 0 spiro atoms. The molecule has 7 atom stereocenters. The molecule has 7 unspecified atom stereocenters. The number of hydrogen-bond donors (Lipinski definition) is 4. The number of aliphatic hydroxyl groups excluding tert-OH is 2. The molecule has 0 radical (unpaired) electrons. The maximum Gasteiger partial charge on any atom is 0.345 e. The second-order valence-corrected chi connectivity index (χ2v) is 5.31. The lowest BCUT2D eigenvalue weighted by Gasteiger charge is -2.36. The Morgan fingerprint density at radius 2 is 2.00 bits per heavy atom. The Balaban J connectivity index is 2.00. The quantitative estimate of drug-likeness (QED) is 0.386. The first-order chi connectivity index (χ1) is 8.80. The number of hydrogen-bond acceptors (Lipinski definition) is 8. The van der Waals surface area contributed by atoms with Gasteiger partial charge in [-0.05, 0) is 6.92 Å². The molecule has 0 aromatic heterocycles. The Morgan fingerprint density at radius 3 is 2.58 bits per heavy atom. The van der Waals surface area contributed by atoms with Gasteiger partial charge in [0.1, 0.15) is 6.10 Å². The van der Waals surface area contributed by atoms with Crippen molar-refractivity contribution < 1.29 is 39.4 Å². The van der Waals surface area contributed by atoms with Crippen LogP contribution in [0, 0.1) is 5.92 Å². The number of carbonyl (C=O) groups is 1. The lowest BCUT2D eigenvalue weighted by Crippen LogP contribution is -2.63. The van der Waals surface area contributed by atoms with Crippen molar-refractivity contribution in [2.24, 2.45) is 5.92 Å². The minimum atomic E-state index is -2.37. The molecule has 4 N–H and O–H groups in total. The summed E-state index contributed by atoms with van der Waals surface area (Å²) in [4.78, 5) is 11.9. The predicted molar refractivity (Wildman–Crippen MR) is 56.4 cm³/mol. The van der Waals surface area contributed by atoms with Crippen LogP contribution in [0.5, 0.6) is 0 Å². The van der Waals surface area contributed by atoms with E-state index in [9.17, 15) is 25.2 Å². The minimum Gasteiger partial charge on any atom is -0.451 e. The normalized spacial score (nSPS) is 57.3. The second kappa shape index (κ2) is 3.87. The molecule has 0 aromatic carbocycles. The van der Waals surface area contributed by atoms with Gasteiger partial charge in [0.25, 0.3) is 0 Å². The van der Waals surface area contributed by atoms with E-state index in [4.69, 9.17) is 14.2 Å². The van der Waals surface area contributed by atoms with E-state index in [0.717, 1.165) is 0 Å². The first kappa shape index (κ1) is 13.2. The summed E-state index contributed by atoms with van der Waals surface area (Å²) >= 11 is 0. The van der Waals surface area contributed by atoms with Crippen LogP contribution in [0.25, 0.3) is 0 Å². The van der Waals surface area contributed by atoms with Crippen LogP contribution in [0.2, 0.25) is 0 Å². The molecule has 3 heterocycles. The molecule has 3 fully saturated rings. The molecule has 3 saturated heterocycles. The highest BCUT2D eigenvalue weighted by Gasteiger charge is 2.77. The van der Waals surface area contributed by atoms with Crippen molar-refractivity contribution in [3.63, 3.8) is 0 Å². The number of rotatable bonds is 1. The minimum absolute atomic E-state index is 0.0404. The highest BCUT2D eigenvalue weighted by Crippen LogP contribution is 2.50. The van der Waals surface area contributed by atoms with E-state index in [2.05, 4.69) is 0 Å². The highest BCUT2D eigenvalue weighted by atomic mass is 16.7. The van der Waals surface area contributed by atoms with Gasteiger partial charge in [0.2, 0.25) is 11.4 Å². The van der Waals surface area contributed by atoms with Crippen LogP contribution in [0.15, 0.2) is 0 Å². The molecule has 108 valence electrons. The van der Waals surface area contributed by atoms with E-state index < -0.39 is 47.9 Å². The van der Waals surface area contributed by atoms with Crippen molar-refractivity contribution in [2.75, 3.05) is 6.61 Å². The van der Waals surface area contributed by atoms with Crippen molar-refractivity contribution in [1.29, 1.82) is 0 Å². The summed E-state index contributed by atoms with van der Waals surface area (Å²) in [5, 5.41) is 40.2. The van der Waals surface area contributed by atoms with Gasteiger partial charge in [-0.2, -0.15) is 0 Å². The number of ether oxygens (including phenoxy) is 3. The third-order valence-corrected chi connectivity index (χ3v) is 4.23. The van der Waals surface area contributed by atoms with E-state index in [1.165, 1.54) is 0 Å². The molecule has 0 saturated carbocycles. The molecule has 3 rings (SSSR count). The zero-order valence-corrected chi connectivity index (χ0v) is 10.2. The Morgan fingerprint density at radius 1 is 1.32 bits per heavy atom. The van der Waals surface area contributed by atoms with Crippen LogP contribution in [-0.2, 0) is 19.0 Å². The summed E-state index contributed by atoms with van der Waals surface area (Å²) < 4.78 is 15.0. The first-order valence-corrected chi connectivity index (χ1v) is 6.12. The number of fused-ring (bicyclic) bond motifs is 1. The van der Waals surface area contributed by atoms with Crippen molar-refractivity contribution in [3.8, 4) is 0 Å². The number of carbonyl (C=O) groups excluding carboxylic acids is 1. The summed E-state index contributed by atoms with van der Waals surface area (Å²) in [5.74, 6) is -4.29. The van der Waals surface area contributed by atoms with Gasteiger partial charge in [0.15, 0.2) is 12.4 Å². The zero-order valence-electron chi connectivity index (χ0n) is 10.2. The van der Waals surface area contributed by atoms with E-state index in [-0.39, 0.29) is 13.0 Å². The fraction of sp³-hybridized carbons (Fsp3) is 0.909. The molecule has 19 heavy (non-hydrogen) atoms. The molecule has 8 nitrogen and oxygen atoms in total. The maximum atomic E-state index is 11.9. The molecule has 0 aromatic rings. The van der Waals surface area contributed by atoms with Gasteiger partial charge in [-0.1, -0.05) is 0 Å². The van der Waals surface area contributed by atoms with E-state index in [1.54, 1.807) is 6.92 Å². The van der Waals surface area contributed by atoms with Crippen LogP contribution in [0.3, 0.4) is 0 Å². The fourth-order valence-electron chi connectivity index (χ4n) is 3.21. The first-order valence-electron chi connectivity index (χ1n) is 6.12. The molecule has 3 aliphatic rings. The van der Waals surface area contributed by atoms with Crippen molar-refractivity contribution in [3.05, 3.63) is 0 Å². The van der Waals surface area contributed by atoms with Gasteiger partial charge in [-0.25, -0.2) is 4.79 Å². The smallest absolute Gasteiger partial charge is 0.345 e. The lowest BCUT2D eigenvalue weighted by atomic mass is 9.76. The molecule has 0 aliphatic carbocycles. The SMILES string of the molecule is CC1OC(O)CC1C1(O)C(=O)OC2C(O)COC21O. The highest BCUT2D eigenvalue weighted by molar-refractivity contribution is 5.84. The van der Waals surface area contributed by atoms with Crippen molar-refractivity contribution >= 4 is 5.97 Å². The van der Waals surface area contributed by atoms with Crippen LogP contribution < -0.4 is 0 Å². The van der Waals surface area contributed by atoms with Gasteiger partial charge in [-0.3, -0.25) is 0 Å². The van der Waals surface area contributed by atoms with Crippen molar-refractivity contribution in [2.45, 2.75) is 49.3 Å². The summed E-state index contributed by atoms with van der Waals surface area (Å²) in [7, 11) is 0. The van der Waals surface area contributed by atoms with Gasteiger partial charge in [0, 0.05) is 12.3 Å². The number of esters is 1. The fourth-order valence-corrected chi connectivity index (χ4v) is 3.21. The van der Waals surface area contributed by atoms with Crippen LogP contribution >= 0.6 is 0 Å². The van der Waals surface area contributed by atoms with Crippen LogP contribution in [0.4, 0.5) is 0 Å². The average molecular weight is 276 g/mol. The van der Waals surface area contributed by atoms with Gasteiger partial charge < -0.3 is 34.6 Å². The van der Waals surface area contributed by atoms with Crippen molar-refractivity contribution in [1.82, 2.24) is 0 Å². The summed E-state index contributed by atoms with van der Waals surface area (Å²) in [6.07, 6.45) is -4.38. The predicted octanol–water partition coefficient (Wildman–Crippen LogP) is -2.53. The molecular weight excluding hydrogens is 260 g/mol. The van der Waals surface area contributed by atoms with Gasteiger partial charge in [-0.15, -0.1) is 0 Å². The summed E-state index contributed by atoms with van der Waals surface area (Å²) in [5.41, 5.74) is -2.37. The Kier molecular flexibility index (Phi) is 2.70. The summed E-state index contributed by atoms with van der Waals surface area (Å²) in [6.45, 7) is 1.31. The van der Waals surface area contributed by atoms with E-state index >= 15 is 0 Å². The van der Waals surface area contributed by atoms with E-state index in [0.29, 0.717) is 0 Å². The summed E-state index contributed by atoms with van der Waals surface area (Å²) in [6, 6.07) is 0. The molecule has 0 bridgehead atoms. The van der Waals surface area contributed by atoms with Crippen LogP contribution in [-0.4, -0.2) is 69.0 Å². The molecule has 8 heteroatoms. The Bertz CT molecular complexity index is 413. The maximum absolute atomic E-state index is 11.9. The number of aliphatic hydroxyl groups is 4. The largest absolute Gasteiger partial charge is 0.451 e. The molecule has 0 amide bonds. The monoisotopic (exact) mass is 276 g/mol. The molecular formula is C11H16O8. The van der Waals surface area contributed by atoms with Gasteiger partial charge in [0.05, 0.1) is 12.7 Å². The Hall–Kier alpha value is -0.770. The zero-order chi connectivity index (χ0) is 14.0. The topological polar surface area (TPSA) is 126 Å². The third-order valence-electron chi connectivity index (χ3n) is 4.23. The van der Waals surface area contributed by atoms with Crippen LogP contribution in [0.1, 0.15) is 13.3 Å².